The maximum atomic E-state index is 11.5. The van der Waals surface area contributed by atoms with Crippen molar-refractivity contribution in [1.82, 2.24) is 10.2 Å². The maximum Gasteiger partial charge on any atom is 0.317 e. The largest absolute Gasteiger partial charge is 0.377 e. The van der Waals surface area contributed by atoms with Crippen molar-refractivity contribution >= 4 is 6.03 Å². The minimum Gasteiger partial charge on any atom is -0.377 e. The zero-order chi connectivity index (χ0) is 11.2. The third kappa shape index (κ3) is 4.46. The molecule has 14 heavy (non-hydrogen) atoms. The van der Waals surface area contributed by atoms with Crippen LogP contribution in [0.25, 0.3) is 0 Å². The number of carbonyl (C=O) groups excluding carboxylic acids is 1. The normalized spacial score (nSPS) is 11.2. The molecule has 0 atom stereocenters. The van der Waals surface area contributed by atoms with E-state index in [-0.39, 0.29) is 11.6 Å². The molecule has 0 fully saturated rings. The number of nitrogens with one attached hydrogen (secondary N) is 1. The van der Waals surface area contributed by atoms with Crippen LogP contribution < -0.4 is 5.32 Å². The van der Waals surface area contributed by atoms with E-state index in [2.05, 4.69) is 5.32 Å². The highest BCUT2D eigenvalue weighted by Gasteiger charge is 2.18. The molecule has 0 aliphatic heterocycles. The zero-order valence-corrected chi connectivity index (χ0v) is 9.89. The highest BCUT2D eigenvalue weighted by Crippen LogP contribution is 2.04. The van der Waals surface area contributed by atoms with Crippen LogP contribution in [0.2, 0.25) is 0 Å². The van der Waals surface area contributed by atoms with E-state index in [1.807, 2.05) is 27.7 Å². The Morgan fingerprint density at radius 2 is 1.86 bits per heavy atom. The summed E-state index contributed by atoms with van der Waals surface area (Å²) in [6.07, 6.45) is 0. The summed E-state index contributed by atoms with van der Waals surface area (Å²) < 4.78 is 5.20. The lowest BCUT2D eigenvalue weighted by atomic mass is 10.1. The molecule has 0 aromatic rings. The molecule has 0 saturated carbocycles. The van der Waals surface area contributed by atoms with E-state index in [0.717, 1.165) is 13.1 Å². The molecule has 0 aromatic heterocycles. The number of amides is 2. The second-order valence-electron chi connectivity index (χ2n) is 3.79. The Hall–Kier alpha value is -0.770. The van der Waals surface area contributed by atoms with Crippen molar-refractivity contribution in [3.8, 4) is 0 Å². The molecular formula is C10H22N2O2. The van der Waals surface area contributed by atoms with Crippen LogP contribution in [0.4, 0.5) is 4.79 Å². The number of hydrogen-bond acceptors (Lipinski definition) is 2. The van der Waals surface area contributed by atoms with Gasteiger partial charge < -0.3 is 15.0 Å². The molecule has 0 aromatic carbocycles. The van der Waals surface area contributed by atoms with Gasteiger partial charge in [-0.25, -0.2) is 4.79 Å². The Bertz CT molecular complexity index is 177. The highest BCUT2D eigenvalue weighted by molar-refractivity contribution is 5.74. The molecule has 84 valence electrons. The number of hydrogen-bond donors (Lipinski definition) is 1. The quantitative estimate of drug-likeness (QED) is 0.733. The van der Waals surface area contributed by atoms with Crippen LogP contribution in [0.3, 0.4) is 0 Å². The molecule has 0 aliphatic rings. The lowest BCUT2D eigenvalue weighted by Gasteiger charge is -2.26. The van der Waals surface area contributed by atoms with Crippen LogP contribution >= 0.6 is 0 Å². The minimum atomic E-state index is -0.303. The number of urea groups is 1. The average molecular weight is 202 g/mol. The molecule has 0 unspecified atom stereocenters. The van der Waals surface area contributed by atoms with E-state index in [1.165, 1.54) is 0 Å². The fraction of sp³-hybridized carbons (Fsp3) is 0.900. The summed E-state index contributed by atoms with van der Waals surface area (Å²) in [7, 11) is 1.64. The van der Waals surface area contributed by atoms with E-state index in [1.54, 1.807) is 12.0 Å². The van der Waals surface area contributed by atoms with Crippen molar-refractivity contribution in [2.45, 2.75) is 33.3 Å². The van der Waals surface area contributed by atoms with Crippen molar-refractivity contribution in [2.75, 3.05) is 26.7 Å². The summed E-state index contributed by atoms with van der Waals surface area (Å²) in [5, 5.41) is 2.84. The van der Waals surface area contributed by atoms with Gasteiger partial charge >= 0.3 is 6.03 Å². The average Bonchev–Trinajstić information content (AvgIpc) is 2.17. The Labute approximate surface area is 86.6 Å². The van der Waals surface area contributed by atoms with Gasteiger partial charge in [0.25, 0.3) is 0 Å². The van der Waals surface area contributed by atoms with Gasteiger partial charge in [0.2, 0.25) is 0 Å². The summed E-state index contributed by atoms with van der Waals surface area (Å²) in [6.45, 7) is 9.80. The van der Waals surface area contributed by atoms with E-state index in [4.69, 9.17) is 4.74 Å². The fourth-order valence-electron chi connectivity index (χ4n) is 0.983. The van der Waals surface area contributed by atoms with E-state index < -0.39 is 0 Å². The SMILES string of the molecule is CCN(CC)C(=O)NCC(C)(C)OC. The number of ether oxygens (including phenoxy) is 1. The lowest BCUT2D eigenvalue weighted by molar-refractivity contribution is 0.0244. The second-order valence-corrected chi connectivity index (χ2v) is 3.79. The molecule has 0 saturated heterocycles. The molecule has 0 heterocycles. The maximum absolute atomic E-state index is 11.5. The van der Waals surface area contributed by atoms with Gasteiger partial charge in [-0.2, -0.15) is 0 Å². The Morgan fingerprint density at radius 1 is 1.36 bits per heavy atom. The second kappa shape index (κ2) is 5.86. The molecule has 0 spiro atoms. The molecule has 0 aliphatic carbocycles. The Morgan fingerprint density at radius 3 is 2.21 bits per heavy atom. The van der Waals surface area contributed by atoms with E-state index >= 15 is 0 Å². The third-order valence-corrected chi connectivity index (χ3v) is 2.27. The van der Waals surface area contributed by atoms with Crippen molar-refractivity contribution in [1.29, 1.82) is 0 Å². The standard InChI is InChI=1S/C10H22N2O2/c1-6-12(7-2)9(13)11-8-10(3,4)14-5/h6-8H2,1-5H3,(H,11,13). The van der Waals surface area contributed by atoms with Gasteiger partial charge in [-0.15, -0.1) is 0 Å². The van der Waals surface area contributed by atoms with Crippen LogP contribution in [0, 0.1) is 0 Å². The molecule has 0 rings (SSSR count). The summed E-state index contributed by atoms with van der Waals surface area (Å²) in [5.74, 6) is 0. The summed E-state index contributed by atoms with van der Waals surface area (Å²) in [6, 6.07) is -0.0277. The monoisotopic (exact) mass is 202 g/mol. The van der Waals surface area contributed by atoms with Gasteiger partial charge in [0, 0.05) is 26.7 Å². The molecule has 0 radical (unpaired) electrons. The first-order valence-corrected chi connectivity index (χ1v) is 5.04. The van der Waals surface area contributed by atoms with Crippen LogP contribution in [0.15, 0.2) is 0 Å². The summed E-state index contributed by atoms with van der Waals surface area (Å²) in [5.41, 5.74) is -0.303. The van der Waals surface area contributed by atoms with Gasteiger partial charge in [0.15, 0.2) is 0 Å². The molecule has 2 amide bonds. The molecule has 4 nitrogen and oxygen atoms in total. The first kappa shape index (κ1) is 13.2. The van der Waals surface area contributed by atoms with E-state index in [0.29, 0.717) is 6.54 Å². The van der Waals surface area contributed by atoms with Crippen LogP contribution in [0.5, 0.6) is 0 Å². The third-order valence-electron chi connectivity index (χ3n) is 2.27. The van der Waals surface area contributed by atoms with Crippen LogP contribution in [0.1, 0.15) is 27.7 Å². The summed E-state index contributed by atoms with van der Waals surface area (Å²) in [4.78, 5) is 13.3. The Balaban J connectivity index is 3.95. The van der Waals surface area contributed by atoms with Crippen molar-refractivity contribution in [3.63, 3.8) is 0 Å². The number of nitrogens with zero attached hydrogens (tertiary/aromatic N) is 1. The van der Waals surface area contributed by atoms with Gasteiger partial charge in [0.05, 0.1) is 5.60 Å². The number of carbonyl (C=O) groups is 1. The van der Waals surface area contributed by atoms with Gasteiger partial charge in [-0.1, -0.05) is 0 Å². The number of rotatable bonds is 5. The van der Waals surface area contributed by atoms with Crippen LogP contribution in [-0.2, 0) is 4.74 Å². The first-order valence-electron chi connectivity index (χ1n) is 5.04. The molecular weight excluding hydrogens is 180 g/mol. The smallest absolute Gasteiger partial charge is 0.317 e. The Kier molecular flexibility index (Phi) is 5.53. The molecule has 0 bridgehead atoms. The zero-order valence-electron chi connectivity index (χ0n) is 9.89. The predicted molar refractivity (Wildman–Crippen MR) is 57.4 cm³/mol. The van der Waals surface area contributed by atoms with E-state index in [9.17, 15) is 4.79 Å². The topological polar surface area (TPSA) is 41.6 Å². The van der Waals surface area contributed by atoms with Gasteiger partial charge in [0.1, 0.15) is 0 Å². The first-order chi connectivity index (χ1) is 6.46. The number of methoxy groups -OCH3 is 1. The fourth-order valence-corrected chi connectivity index (χ4v) is 0.983. The summed E-state index contributed by atoms with van der Waals surface area (Å²) >= 11 is 0. The van der Waals surface area contributed by atoms with Crippen molar-refractivity contribution in [2.24, 2.45) is 0 Å². The van der Waals surface area contributed by atoms with Crippen LogP contribution in [-0.4, -0.2) is 43.3 Å². The highest BCUT2D eigenvalue weighted by atomic mass is 16.5. The minimum absolute atomic E-state index is 0.0277. The predicted octanol–water partition coefficient (Wildman–Crippen LogP) is 1.46. The lowest BCUT2D eigenvalue weighted by Crippen LogP contribution is -2.46. The van der Waals surface area contributed by atoms with Gasteiger partial charge in [-0.05, 0) is 27.7 Å². The van der Waals surface area contributed by atoms with Gasteiger partial charge in [-0.3, -0.25) is 0 Å². The molecule has 4 heteroatoms. The van der Waals surface area contributed by atoms with Crippen molar-refractivity contribution in [3.05, 3.63) is 0 Å². The van der Waals surface area contributed by atoms with Crippen molar-refractivity contribution < 1.29 is 9.53 Å². The molecule has 1 N–H and O–H groups in total.